The summed E-state index contributed by atoms with van der Waals surface area (Å²) in [7, 11) is 4.39. The molecule has 1 N–H and O–H groups in total. The molecule has 156 valence electrons. The van der Waals surface area contributed by atoms with Crippen molar-refractivity contribution in [2.75, 3.05) is 57.8 Å². The molecule has 0 aliphatic carbocycles. The normalized spacial score (nSPS) is 10.4. The Morgan fingerprint density at radius 1 is 1.10 bits per heavy atom. The molecule has 11 nitrogen and oxygen atoms in total. The second-order valence-corrected chi connectivity index (χ2v) is 5.82. The maximum atomic E-state index is 11.8. The van der Waals surface area contributed by atoms with Gasteiger partial charge < -0.3 is 24.4 Å². The highest BCUT2D eigenvalue weighted by Crippen LogP contribution is 2.33. The molecule has 1 heterocycles. The van der Waals surface area contributed by atoms with Crippen LogP contribution in [0.2, 0.25) is 0 Å². The molecule has 0 bridgehead atoms. The zero-order valence-corrected chi connectivity index (χ0v) is 16.5. The van der Waals surface area contributed by atoms with Gasteiger partial charge in [-0.05, 0) is 24.3 Å². The first-order valence-corrected chi connectivity index (χ1v) is 8.69. The summed E-state index contributed by atoms with van der Waals surface area (Å²) in [6.07, 6.45) is 1.25. The molecule has 1 aromatic heterocycles. The molecule has 11 heteroatoms. The number of nitro groups is 1. The van der Waals surface area contributed by atoms with Crippen LogP contribution in [-0.4, -0.2) is 68.5 Å². The van der Waals surface area contributed by atoms with E-state index in [1.807, 2.05) is 0 Å². The number of ether oxygens (including phenoxy) is 3. The smallest absolute Gasteiger partial charge is 0.353 e. The number of carbonyl (C=O) groups excluding carboxylic acids is 1. The van der Waals surface area contributed by atoms with E-state index in [9.17, 15) is 14.9 Å². The minimum atomic E-state index is -0.535. The Morgan fingerprint density at radius 3 is 2.24 bits per heavy atom. The Hall–Kier alpha value is -3.31. The number of aromatic nitrogens is 2. The maximum Gasteiger partial charge on any atom is 0.353 e. The summed E-state index contributed by atoms with van der Waals surface area (Å²) in [5.74, 6) is -0.280. The molecule has 0 spiro atoms. The van der Waals surface area contributed by atoms with E-state index in [2.05, 4.69) is 20.0 Å². The zero-order valence-electron chi connectivity index (χ0n) is 16.5. The first-order chi connectivity index (χ1) is 14.0. The van der Waals surface area contributed by atoms with Crippen LogP contribution in [0.5, 0.6) is 0 Å². The molecule has 0 aliphatic heterocycles. The molecule has 0 atom stereocenters. The Bertz CT molecular complexity index is 822. The summed E-state index contributed by atoms with van der Waals surface area (Å²) in [6, 6.07) is 6.30. The van der Waals surface area contributed by atoms with E-state index in [0.717, 1.165) is 0 Å². The summed E-state index contributed by atoms with van der Waals surface area (Å²) in [4.78, 5) is 32.7. The van der Waals surface area contributed by atoms with Gasteiger partial charge in [-0.1, -0.05) is 0 Å². The monoisotopic (exact) mass is 405 g/mol. The Labute approximate surface area is 167 Å². The van der Waals surface area contributed by atoms with Gasteiger partial charge in [-0.15, -0.1) is 0 Å². The van der Waals surface area contributed by atoms with Gasteiger partial charge in [-0.3, -0.25) is 10.1 Å². The number of esters is 1. The predicted molar refractivity (Wildman–Crippen MR) is 106 cm³/mol. The summed E-state index contributed by atoms with van der Waals surface area (Å²) < 4.78 is 14.8. The van der Waals surface area contributed by atoms with Crippen molar-refractivity contribution in [1.29, 1.82) is 0 Å². The summed E-state index contributed by atoms with van der Waals surface area (Å²) in [6.45, 7) is 1.52. The zero-order chi connectivity index (χ0) is 21.2. The van der Waals surface area contributed by atoms with Crippen molar-refractivity contribution in [3.63, 3.8) is 0 Å². The lowest BCUT2D eigenvalue weighted by atomic mass is 10.2. The van der Waals surface area contributed by atoms with Crippen molar-refractivity contribution in [3.05, 3.63) is 46.3 Å². The lowest BCUT2D eigenvalue weighted by Crippen LogP contribution is -2.32. The van der Waals surface area contributed by atoms with Crippen molar-refractivity contribution in [1.82, 2.24) is 9.97 Å². The fourth-order valence-corrected chi connectivity index (χ4v) is 2.53. The molecular formula is C18H23N5O6. The van der Waals surface area contributed by atoms with Crippen LogP contribution < -0.4 is 10.2 Å². The first kappa shape index (κ1) is 22.0. The van der Waals surface area contributed by atoms with Crippen molar-refractivity contribution < 1.29 is 23.9 Å². The third-order valence-corrected chi connectivity index (χ3v) is 3.98. The van der Waals surface area contributed by atoms with Crippen LogP contribution in [0.3, 0.4) is 0 Å². The molecular weight excluding hydrogens is 382 g/mol. The number of carbonyl (C=O) groups is 1. The predicted octanol–water partition coefficient (Wildman–Crippen LogP) is 2.01. The molecule has 29 heavy (non-hydrogen) atoms. The SMILES string of the molecule is COCCN(CCOC)c1ncnc(Nc2ccc(C(=O)OC)cc2)c1[N+](=O)[O-]. The van der Waals surface area contributed by atoms with Crippen LogP contribution in [0, 0.1) is 10.1 Å². The molecule has 2 aromatic rings. The Balaban J connectivity index is 2.35. The molecule has 0 amide bonds. The first-order valence-electron chi connectivity index (χ1n) is 8.69. The summed E-state index contributed by atoms with van der Waals surface area (Å²) >= 11 is 0. The minimum Gasteiger partial charge on any atom is -0.465 e. The highest BCUT2D eigenvalue weighted by molar-refractivity contribution is 5.89. The third kappa shape index (κ3) is 5.83. The van der Waals surface area contributed by atoms with Gasteiger partial charge in [0, 0.05) is 33.0 Å². The number of methoxy groups -OCH3 is 3. The van der Waals surface area contributed by atoms with E-state index < -0.39 is 10.9 Å². The number of nitrogens with zero attached hydrogens (tertiary/aromatic N) is 4. The van der Waals surface area contributed by atoms with Crippen molar-refractivity contribution in [2.24, 2.45) is 0 Å². The van der Waals surface area contributed by atoms with E-state index in [4.69, 9.17) is 9.47 Å². The van der Waals surface area contributed by atoms with E-state index >= 15 is 0 Å². The maximum absolute atomic E-state index is 11.8. The van der Waals surface area contributed by atoms with Crippen molar-refractivity contribution >= 4 is 29.0 Å². The van der Waals surface area contributed by atoms with Crippen LogP contribution in [0.4, 0.5) is 23.0 Å². The standard InChI is InChI=1S/C18H23N5O6/c1-27-10-8-22(9-11-28-2)17-15(23(25)26)16(19-12-20-17)21-14-6-4-13(5-7-14)18(24)29-3/h4-7,12H,8-11H2,1-3H3,(H,19,20,21). The van der Waals surface area contributed by atoms with Crippen molar-refractivity contribution in [2.45, 2.75) is 0 Å². The quantitative estimate of drug-likeness (QED) is 0.337. The molecule has 0 aliphatic rings. The van der Waals surface area contributed by atoms with Crippen molar-refractivity contribution in [3.8, 4) is 0 Å². The molecule has 0 radical (unpaired) electrons. The molecule has 1 aromatic carbocycles. The largest absolute Gasteiger partial charge is 0.465 e. The second-order valence-electron chi connectivity index (χ2n) is 5.82. The summed E-state index contributed by atoms with van der Waals surface area (Å²) in [5.41, 5.74) is 0.615. The third-order valence-electron chi connectivity index (χ3n) is 3.98. The second kappa shape index (κ2) is 10.9. The number of anilines is 3. The average molecular weight is 405 g/mol. The Morgan fingerprint density at radius 2 is 1.72 bits per heavy atom. The lowest BCUT2D eigenvalue weighted by Gasteiger charge is -2.23. The van der Waals surface area contributed by atoms with Gasteiger partial charge in [0.25, 0.3) is 0 Å². The molecule has 0 fully saturated rings. The van der Waals surface area contributed by atoms with Gasteiger partial charge in [0.15, 0.2) is 0 Å². The van der Waals surface area contributed by atoms with Crippen LogP contribution in [0.15, 0.2) is 30.6 Å². The Kier molecular flexibility index (Phi) is 8.25. The van der Waals surface area contributed by atoms with Crippen LogP contribution >= 0.6 is 0 Å². The van der Waals surface area contributed by atoms with Gasteiger partial charge in [-0.25, -0.2) is 14.8 Å². The number of nitrogens with one attached hydrogen (secondary N) is 1. The number of hydrogen-bond acceptors (Lipinski definition) is 10. The van der Waals surface area contributed by atoms with Gasteiger partial charge in [0.1, 0.15) is 6.33 Å². The van der Waals surface area contributed by atoms with E-state index in [1.54, 1.807) is 43.4 Å². The minimum absolute atomic E-state index is 0.0330. The highest BCUT2D eigenvalue weighted by atomic mass is 16.6. The fraction of sp³-hybridized carbons (Fsp3) is 0.389. The summed E-state index contributed by atoms with van der Waals surface area (Å²) in [5, 5.41) is 14.7. The fourth-order valence-electron chi connectivity index (χ4n) is 2.53. The molecule has 0 saturated heterocycles. The number of benzene rings is 1. The average Bonchev–Trinajstić information content (AvgIpc) is 2.73. The van der Waals surface area contributed by atoms with Gasteiger partial charge in [0.05, 0.1) is 30.8 Å². The van der Waals surface area contributed by atoms with E-state index in [1.165, 1.54) is 13.4 Å². The van der Waals surface area contributed by atoms with Gasteiger partial charge in [-0.2, -0.15) is 0 Å². The lowest BCUT2D eigenvalue weighted by molar-refractivity contribution is -0.383. The number of rotatable bonds is 11. The highest BCUT2D eigenvalue weighted by Gasteiger charge is 2.27. The van der Waals surface area contributed by atoms with Crippen LogP contribution in [-0.2, 0) is 14.2 Å². The molecule has 0 saturated carbocycles. The van der Waals surface area contributed by atoms with Crippen LogP contribution in [0.1, 0.15) is 10.4 Å². The van der Waals surface area contributed by atoms with Crippen LogP contribution in [0.25, 0.3) is 0 Å². The molecule has 2 rings (SSSR count). The van der Waals surface area contributed by atoms with Gasteiger partial charge >= 0.3 is 11.7 Å². The van der Waals surface area contributed by atoms with Gasteiger partial charge in [0.2, 0.25) is 11.6 Å². The topological polar surface area (TPSA) is 129 Å². The molecule has 0 unspecified atom stereocenters. The van der Waals surface area contributed by atoms with E-state index in [-0.39, 0.29) is 17.3 Å². The van der Waals surface area contributed by atoms with E-state index in [0.29, 0.717) is 37.6 Å². The number of hydrogen-bond donors (Lipinski definition) is 1.